The van der Waals surface area contributed by atoms with Gasteiger partial charge in [-0.05, 0) is 18.6 Å². The first-order valence-electron chi connectivity index (χ1n) is 5.77. The molecule has 0 amide bonds. The number of hydrogen-bond acceptors (Lipinski definition) is 2. The summed E-state index contributed by atoms with van der Waals surface area (Å²) >= 11 is 0. The van der Waals surface area contributed by atoms with Crippen LogP contribution in [0.5, 0.6) is 0 Å². The van der Waals surface area contributed by atoms with Crippen LogP contribution in [0.4, 0.5) is 8.78 Å². The minimum atomic E-state index is -0.899. The summed E-state index contributed by atoms with van der Waals surface area (Å²) in [5, 5.41) is 4.25. The number of benzene rings is 1. The van der Waals surface area contributed by atoms with Gasteiger partial charge in [0.15, 0.2) is 11.6 Å². The van der Waals surface area contributed by atoms with Gasteiger partial charge in [-0.3, -0.25) is 4.68 Å². The molecule has 1 aromatic heterocycles. The molecule has 2 rings (SSSR count). The number of hydrogen-bond donors (Lipinski definition) is 1. The Hall–Kier alpha value is -1.75. The van der Waals surface area contributed by atoms with Crippen LogP contribution in [0.3, 0.4) is 0 Å². The largest absolute Gasteiger partial charge is 0.319 e. The first kappa shape index (κ1) is 12.7. The summed E-state index contributed by atoms with van der Waals surface area (Å²) in [6.07, 6.45) is 0.770. The highest BCUT2D eigenvalue weighted by atomic mass is 19.2. The van der Waals surface area contributed by atoms with Gasteiger partial charge in [0, 0.05) is 12.6 Å². The van der Waals surface area contributed by atoms with Gasteiger partial charge in [0.1, 0.15) is 0 Å². The van der Waals surface area contributed by atoms with Crippen molar-refractivity contribution in [2.75, 3.05) is 0 Å². The van der Waals surface area contributed by atoms with E-state index < -0.39 is 17.7 Å². The molecule has 0 radical (unpaired) electrons. The van der Waals surface area contributed by atoms with Gasteiger partial charge in [-0.1, -0.05) is 19.1 Å². The minimum Gasteiger partial charge on any atom is -0.319 e. The molecule has 0 aliphatic rings. The van der Waals surface area contributed by atoms with Crippen molar-refractivity contribution in [2.24, 2.45) is 12.8 Å². The summed E-state index contributed by atoms with van der Waals surface area (Å²) in [6, 6.07) is 5.10. The summed E-state index contributed by atoms with van der Waals surface area (Å²) in [5.41, 5.74) is 7.66. The molecule has 1 unspecified atom stereocenters. The molecule has 0 aliphatic heterocycles. The molecule has 5 heteroatoms. The Bertz CT molecular complexity index is 563. The molecule has 0 aliphatic carbocycles. The molecule has 96 valence electrons. The van der Waals surface area contributed by atoms with Crippen LogP contribution in [0.1, 0.15) is 29.9 Å². The Balaban J connectivity index is 2.44. The summed E-state index contributed by atoms with van der Waals surface area (Å²) in [6.45, 7) is 1.97. The summed E-state index contributed by atoms with van der Waals surface area (Å²) < 4.78 is 28.5. The molecular weight excluding hydrogens is 236 g/mol. The molecule has 0 saturated heterocycles. The van der Waals surface area contributed by atoms with Crippen LogP contribution < -0.4 is 5.73 Å². The number of halogens is 2. The molecule has 0 spiro atoms. The summed E-state index contributed by atoms with van der Waals surface area (Å²) in [4.78, 5) is 0. The maximum atomic E-state index is 13.7. The zero-order chi connectivity index (χ0) is 13.3. The van der Waals surface area contributed by atoms with Gasteiger partial charge in [0.25, 0.3) is 0 Å². The van der Waals surface area contributed by atoms with Gasteiger partial charge in [0.2, 0.25) is 0 Å². The summed E-state index contributed by atoms with van der Waals surface area (Å²) in [5.74, 6) is -1.79. The van der Waals surface area contributed by atoms with E-state index >= 15 is 0 Å². The van der Waals surface area contributed by atoms with E-state index in [0.29, 0.717) is 5.69 Å². The maximum absolute atomic E-state index is 13.7. The van der Waals surface area contributed by atoms with Crippen molar-refractivity contribution in [1.82, 2.24) is 9.78 Å². The van der Waals surface area contributed by atoms with Gasteiger partial charge in [-0.15, -0.1) is 0 Å². The minimum absolute atomic E-state index is 0.139. The second-order valence-corrected chi connectivity index (χ2v) is 4.16. The maximum Gasteiger partial charge on any atom is 0.163 e. The fourth-order valence-corrected chi connectivity index (χ4v) is 1.93. The van der Waals surface area contributed by atoms with E-state index in [1.807, 2.05) is 13.0 Å². The number of nitrogens with zero attached hydrogens (tertiary/aromatic N) is 2. The lowest BCUT2D eigenvalue weighted by atomic mass is 10.0. The van der Waals surface area contributed by atoms with Crippen LogP contribution in [-0.2, 0) is 13.5 Å². The van der Waals surface area contributed by atoms with E-state index in [1.165, 1.54) is 12.1 Å². The zero-order valence-electron chi connectivity index (χ0n) is 10.3. The van der Waals surface area contributed by atoms with Crippen molar-refractivity contribution >= 4 is 0 Å². The van der Waals surface area contributed by atoms with Crippen LogP contribution in [0.25, 0.3) is 0 Å². The smallest absolute Gasteiger partial charge is 0.163 e. The number of aromatic nitrogens is 2. The van der Waals surface area contributed by atoms with Crippen LogP contribution in [0, 0.1) is 11.6 Å². The Morgan fingerprint density at radius 2 is 2.11 bits per heavy atom. The van der Waals surface area contributed by atoms with E-state index in [-0.39, 0.29) is 5.56 Å². The highest BCUT2D eigenvalue weighted by Crippen LogP contribution is 2.24. The second kappa shape index (κ2) is 4.86. The van der Waals surface area contributed by atoms with Gasteiger partial charge < -0.3 is 5.73 Å². The highest BCUT2D eigenvalue weighted by molar-refractivity contribution is 5.30. The Labute approximate surface area is 104 Å². The van der Waals surface area contributed by atoms with Gasteiger partial charge in [0.05, 0.1) is 17.4 Å². The predicted molar refractivity (Wildman–Crippen MR) is 65.0 cm³/mol. The molecule has 1 heterocycles. The number of nitrogens with two attached hydrogens (primary N) is 1. The molecule has 0 fully saturated rings. The third kappa shape index (κ3) is 2.13. The summed E-state index contributed by atoms with van der Waals surface area (Å²) in [7, 11) is 1.74. The van der Waals surface area contributed by atoms with Gasteiger partial charge in [-0.2, -0.15) is 5.10 Å². The topological polar surface area (TPSA) is 43.8 Å². The Morgan fingerprint density at radius 3 is 2.72 bits per heavy atom. The first-order valence-corrected chi connectivity index (χ1v) is 5.77. The molecule has 1 aromatic carbocycles. The van der Waals surface area contributed by atoms with Crippen molar-refractivity contribution in [1.29, 1.82) is 0 Å². The fourth-order valence-electron chi connectivity index (χ4n) is 1.93. The average Bonchev–Trinajstić information content (AvgIpc) is 2.73. The van der Waals surface area contributed by atoms with Crippen LogP contribution >= 0.6 is 0 Å². The monoisotopic (exact) mass is 251 g/mol. The highest BCUT2D eigenvalue weighted by Gasteiger charge is 2.19. The zero-order valence-corrected chi connectivity index (χ0v) is 10.3. The molecule has 0 saturated carbocycles. The second-order valence-electron chi connectivity index (χ2n) is 4.16. The van der Waals surface area contributed by atoms with Gasteiger partial charge >= 0.3 is 0 Å². The van der Waals surface area contributed by atoms with Gasteiger partial charge in [-0.25, -0.2) is 8.78 Å². The third-order valence-electron chi connectivity index (χ3n) is 2.96. The molecule has 2 aromatic rings. The normalized spacial score (nSPS) is 12.7. The van der Waals surface area contributed by atoms with E-state index in [1.54, 1.807) is 11.7 Å². The van der Waals surface area contributed by atoms with Crippen molar-refractivity contribution in [3.63, 3.8) is 0 Å². The predicted octanol–water partition coefficient (Wildman–Crippen LogP) is 2.31. The standard InChI is InChI=1S/C13H15F2N3/c1-3-8-7-11(18(2)17-8)13(16)9-5-4-6-10(14)12(9)15/h4-7,13H,3,16H2,1-2H3. The first-order chi connectivity index (χ1) is 8.54. The van der Waals surface area contributed by atoms with E-state index in [9.17, 15) is 8.78 Å². The van der Waals surface area contributed by atoms with Crippen LogP contribution in [-0.4, -0.2) is 9.78 Å². The van der Waals surface area contributed by atoms with Crippen molar-refractivity contribution < 1.29 is 8.78 Å². The SMILES string of the molecule is CCc1cc(C(N)c2cccc(F)c2F)n(C)n1. The molecular formula is C13H15F2N3. The van der Waals surface area contributed by atoms with Crippen molar-refractivity contribution in [2.45, 2.75) is 19.4 Å². The van der Waals surface area contributed by atoms with E-state index in [2.05, 4.69) is 5.10 Å². The Morgan fingerprint density at radius 1 is 1.39 bits per heavy atom. The number of rotatable bonds is 3. The van der Waals surface area contributed by atoms with Crippen LogP contribution in [0.15, 0.2) is 24.3 Å². The molecule has 18 heavy (non-hydrogen) atoms. The molecule has 1 atom stereocenters. The van der Waals surface area contributed by atoms with E-state index in [0.717, 1.165) is 18.2 Å². The lowest BCUT2D eigenvalue weighted by molar-refractivity contribution is 0.491. The van der Waals surface area contributed by atoms with Crippen LogP contribution in [0.2, 0.25) is 0 Å². The average molecular weight is 251 g/mol. The molecule has 2 N–H and O–H groups in total. The van der Waals surface area contributed by atoms with E-state index in [4.69, 9.17) is 5.73 Å². The quantitative estimate of drug-likeness (QED) is 0.909. The lowest BCUT2D eigenvalue weighted by Crippen LogP contribution is -2.17. The Kier molecular flexibility index (Phi) is 3.43. The molecule has 0 bridgehead atoms. The lowest BCUT2D eigenvalue weighted by Gasteiger charge is -2.13. The number of aryl methyl sites for hydroxylation is 2. The van der Waals surface area contributed by atoms with Crippen molar-refractivity contribution in [3.8, 4) is 0 Å². The third-order valence-corrected chi connectivity index (χ3v) is 2.96. The van der Waals surface area contributed by atoms with Crippen molar-refractivity contribution in [3.05, 3.63) is 52.9 Å². The fraction of sp³-hybridized carbons (Fsp3) is 0.308. The molecule has 3 nitrogen and oxygen atoms in total.